The third-order valence-corrected chi connectivity index (χ3v) is 3.51. The van der Waals surface area contributed by atoms with Crippen molar-refractivity contribution in [2.75, 3.05) is 13.7 Å². The lowest BCUT2D eigenvalue weighted by atomic mass is 9.92. The smallest absolute Gasteiger partial charge is 0.119 e. The molecule has 0 amide bonds. The molecule has 0 unspecified atom stereocenters. The summed E-state index contributed by atoms with van der Waals surface area (Å²) < 4.78 is 5.30. The quantitative estimate of drug-likeness (QED) is 0.823. The number of ether oxygens (including phenoxy) is 1. The number of aryl methyl sites for hydroxylation is 1. The van der Waals surface area contributed by atoms with Crippen LogP contribution >= 0.6 is 12.4 Å². The summed E-state index contributed by atoms with van der Waals surface area (Å²) in [5.74, 6) is 0.874. The molecule has 3 rings (SSSR count). The molecule has 1 aliphatic heterocycles. The average Bonchev–Trinajstić information content (AvgIpc) is 2.46. The maximum Gasteiger partial charge on any atom is 0.119 e. The second-order valence-electron chi connectivity index (χ2n) is 4.87. The molecule has 2 aromatic carbocycles. The summed E-state index contributed by atoms with van der Waals surface area (Å²) in [6.45, 7) is 3.00. The zero-order valence-electron chi connectivity index (χ0n) is 11.7. The topological polar surface area (TPSA) is 21.6 Å². The Morgan fingerprint density at radius 3 is 2.75 bits per heavy atom. The fourth-order valence-corrected chi connectivity index (χ4v) is 2.55. The van der Waals surface area contributed by atoms with Gasteiger partial charge in [0.25, 0.3) is 0 Å². The average molecular weight is 288 g/mol. The molecule has 0 radical (unpaired) electrons. The van der Waals surface area contributed by atoms with Crippen molar-refractivity contribution in [3.8, 4) is 5.75 Å². The molecule has 104 valence electrons. The number of fused-ring (bicyclic) bond motifs is 1. The van der Waals surface area contributed by atoms with E-state index in [0.29, 0.717) is 0 Å². The SMILES string of the molecule is COc1cccc(C2=NCCc3cc(C)ccc32)c1.Cl. The zero-order valence-corrected chi connectivity index (χ0v) is 12.5. The van der Waals surface area contributed by atoms with E-state index >= 15 is 0 Å². The van der Waals surface area contributed by atoms with E-state index in [1.54, 1.807) is 7.11 Å². The number of hydrogen-bond acceptors (Lipinski definition) is 2. The zero-order chi connectivity index (χ0) is 13.2. The summed E-state index contributed by atoms with van der Waals surface area (Å²) in [6.07, 6.45) is 1.03. The molecule has 2 aromatic rings. The molecule has 0 aliphatic carbocycles. The van der Waals surface area contributed by atoms with E-state index in [2.05, 4.69) is 31.2 Å². The molecular weight excluding hydrogens is 270 g/mol. The van der Waals surface area contributed by atoms with E-state index < -0.39 is 0 Å². The van der Waals surface area contributed by atoms with Crippen molar-refractivity contribution in [1.82, 2.24) is 0 Å². The second kappa shape index (κ2) is 6.10. The molecule has 2 nitrogen and oxygen atoms in total. The number of methoxy groups -OCH3 is 1. The summed E-state index contributed by atoms with van der Waals surface area (Å²) in [5, 5.41) is 0. The lowest BCUT2D eigenvalue weighted by molar-refractivity contribution is 0.414. The maximum absolute atomic E-state index is 5.30. The van der Waals surface area contributed by atoms with E-state index in [1.165, 1.54) is 16.7 Å². The Hall–Kier alpha value is -1.80. The van der Waals surface area contributed by atoms with Gasteiger partial charge in [0, 0.05) is 17.7 Å². The Morgan fingerprint density at radius 2 is 1.95 bits per heavy atom. The van der Waals surface area contributed by atoms with Gasteiger partial charge in [-0.2, -0.15) is 0 Å². The van der Waals surface area contributed by atoms with Gasteiger partial charge in [-0.05, 0) is 31.0 Å². The maximum atomic E-state index is 5.30. The third-order valence-electron chi connectivity index (χ3n) is 3.51. The van der Waals surface area contributed by atoms with Crippen LogP contribution in [0.15, 0.2) is 47.5 Å². The van der Waals surface area contributed by atoms with Crippen molar-refractivity contribution in [2.24, 2.45) is 4.99 Å². The molecule has 0 saturated carbocycles. The summed E-state index contributed by atoms with van der Waals surface area (Å²) in [4.78, 5) is 4.71. The first-order valence-electron chi connectivity index (χ1n) is 6.57. The van der Waals surface area contributed by atoms with Crippen LogP contribution in [0, 0.1) is 6.92 Å². The van der Waals surface area contributed by atoms with Gasteiger partial charge in [0.05, 0.1) is 12.8 Å². The van der Waals surface area contributed by atoms with E-state index in [4.69, 9.17) is 9.73 Å². The Kier molecular flexibility index (Phi) is 4.46. The summed E-state index contributed by atoms with van der Waals surface area (Å²) in [6, 6.07) is 14.7. The van der Waals surface area contributed by atoms with Gasteiger partial charge in [-0.3, -0.25) is 4.99 Å². The van der Waals surface area contributed by atoms with Crippen LogP contribution in [0.2, 0.25) is 0 Å². The van der Waals surface area contributed by atoms with Crippen LogP contribution in [-0.4, -0.2) is 19.4 Å². The summed E-state index contributed by atoms with van der Waals surface area (Å²) in [7, 11) is 1.69. The van der Waals surface area contributed by atoms with Crippen LogP contribution < -0.4 is 4.74 Å². The molecule has 0 bridgehead atoms. The van der Waals surface area contributed by atoms with Gasteiger partial charge in [0.2, 0.25) is 0 Å². The fraction of sp³-hybridized carbons (Fsp3) is 0.235. The molecule has 0 fully saturated rings. The number of benzene rings is 2. The van der Waals surface area contributed by atoms with Gasteiger partial charge in [-0.1, -0.05) is 35.9 Å². The lowest BCUT2D eigenvalue weighted by Gasteiger charge is -2.18. The Labute approximate surface area is 125 Å². The molecule has 0 saturated heterocycles. The minimum atomic E-state index is 0. The van der Waals surface area contributed by atoms with Crippen LogP contribution in [0.1, 0.15) is 22.3 Å². The molecule has 0 atom stereocenters. The molecule has 20 heavy (non-hydrogen) atoms. The monoisotopic (exact) mass is 287 g/mol. The minimum absolute atomic E-state index is 0. The number of rotatable bonds is 2. The van der Waals surface area contributed by atoms with Gasteiger partial charge in [-0.25, -0.2) is 0 Å². The van der Waals surface area contributed by atoms with E-state index in [-0.39, 0.29) is 12.4 Å². The van der Waals surface area contributed by atoms with Crippen LogP contribution in [0.3, 0.4) is 0 Å². The molecule has 1 heterocycles. The van der Waals surface area contributed by atoms with Crippen LogP contribution in [0.4, 0.5) is 0 Å². The van der Waals surface area contributed by atoms with Gasteiger partial charge < -0.3 is 4.74 Å². The minimum Gasteiger partial charge on any atom is -0.497 e. The first kappa shape index (κ1) is 14.6. The lowest BCUT2D eigenvalue weighted by Crippen LogP contribution is -2.14. The molecule has 3 heteroatoms. The number of hydrogen-bond donors (Lipinski definition) is 0. The van der Waals surface area contributed by atoms with Gasteiger partial charge in [0.15, 0.2) is 0 Å². The Bertz CT molecular complexity index is 649. The highest BCUT2D eigenvalue weighted by Crippen LogP contribution is 2.23. The molecular formula is C17H18ClNO. The van der Waals surface area contributed by atoms with Crippen molar-refractivity contribution in [2.45, 2.75) is 13.3 Å². The fourth-order valence-electron chi connectivity index (χ4n) is 2.55. The summed E-state index contributed by atoms with van der Waals surface area (Å²) in [5.41, 5.74) is 6.17. The highest BCUT2D eigenvalue weighted by molar-refractivity contribution is 6.14. The first-order chi connectivity index (χ1) is 9.28. The normalized spacial score (nSPS) is 13.0. The first-order valence-corrected chi connectivity index (χ1v) is 6.57. The molecule has 0 aromatic heterocycles. The van der Waals surface area contributed by atoms with E-state index in [1.807, 2.05) is 18.2 Å². The van der Waals surface area contributed by atoms with Gasteiger partial charge in [0.1, 0.15) is 5.75 Å². The molecule has 0 spiro atoms. The van der Waals surface area contributed by atoms with Crippen molar-refractivity contribution in [3.63, 3.8) is 0 Å². The van der Waals surface area contributed by atoms with Gasteiger partial charge in [-0.15, -0.1) is 12.4 Å². The highest BCUT2D eigenvalue weighted by atomic mass is 35.5. The van der Waals surface area contributed by atoms with E-state index in [0.717, 1.165) is 30.0 Å². The number of halogens is 1. The predicted molar refractivity (Wildman–Crippen MR) is 85.6 cm³/mol. The Balaban J connectivity index is 0.00000147. The van der Waals surface area contributed by atoms with E-state index in [9.17, 15) is 0 Å². The van der Waals surface area contributed by atoms with Gasteiger partial charge >= 0.3 is 0 Å². The summed E-state index contributed by atoms with van der Waals surface area (Å²) >= 11 is 0. The second-order valence-corrected chi connectivity index (χ2v) is 4.87. The van der Waals surface area contributed by atoms with Crippen molar-refractivity contribution in [1.29, 1.82) is 0 Å². The number of aliphatic imine (C=N–C) groups is 1. The Morgan fingerprint density at radius 1 is 1.10 bits per heavy atom. The van der Waals surface area contributed by atoms with Crippen LogP contribution in [0.25, 0.3) is 0 Å². The standard InChI is InChI=1S/C17H17NO.ClH/c1-12-6-7-16-13(10-12)8-9-18-17(16)14-4-3-5-15(11-14)19-2;/h3-7,10-11H,8-9H2,1-2H3;1H. The van der Waals surface area contributed by atoms with Crippen molar-refractivity contribution < 1.29 is 4.74 Å². The van der Waals surface area contributed by atoms with Crippen molar-refractivity contribution >= 4 is 18.1 Å². The highest BCUT2D eigenvalue weighted by Gasteiger charge is 2.15. The van der Waals surface area contributed by atoms with Crippen LogP contribution in [0.5, 0.6) is 5.75 Å². The van der Waals surface area contributed by atoms with Crippen LogP contribution in [-0.2, 0) is 6.42 Å². The van der Waals surface area contributed by atoms with Crippen molar-refractivity contribution in [3.05, 3.63) is 64.7 Å². The molecule has 1 aliphatic rings. The third kappa shape index (κ3) is 2.70. The number of nitrogens with zero attached hydrogens (tertiary/aromatic N) is 1. The largest absolute Gasteiger partial charge is 0.497 e. The predicted octanol–water partition coefficient (Wildman–Crippen LogP) is 3.82. The molecule has 0 N–H and O–H groups in total.